The first-order valence-corrected chi connectivity index (χ1v) is 8.05. The van der Waals surface area contributed by atoms with E-state index >= 15 is 0 Å². The highest BCUT2D eigenvalue weighted by Crippen LogP contribution is 2.39. The smallest absolute Gasteiger partial charge is 0.307 e. The number of hydrogen-bond donors (Lipinski definition) is 2. The maximum absolute atomic E-state index is 11.9. The molecule has 6 heteroatoms. The second-order valence-corrected chi connectivity index (χ2v) is 6.52. The highest BCUT2D eigenvalue weighted by atomic mass is 32.2. The van der Waals surface area contributed by atoms with Crippen LogP contribution in [0, 0.1) is 18.8 Å². The van der Waals surface area contributed by atoms with E-state index in [9.17, 15) is 13.8 Å². The van der Waals surface area contributed by atoms with Crippen LogP contribution in [0.25, 0.3) is 0 Å². The van der Waals surface area contributed by atoms with Crippen LogP contribution in [0.1, 0.15) is 17.5 Å². The fourth-order valence-corrected chi connectivity index (χ4v) is 2.93. The molecule has 2 N–H and O–H groups in total. The third-order valence-electron chi connectivity index (χ3n) is 3.51. The molecule has 0 aliphatic heterocycles. The zero-order chi connectivity index (χ0) is 14.9. The first kappa shape index (κ1) is 14.7. The summed E-state index contributed by atoms with van der Waals surface area (Å²) in [5.74, 6) is -1.72. The van der Waals surface area contributed by atoms with Crippen LogP contribution in [0.15, 0.2) is 18.2 Å². The standard InChI is InChI=1S/C14H17NO4S/c1-8-9(7-20(2)19)4-3-5-12(8)15-13(16)10-6-11(10)14(17)18/h3-5,10-11H,6-7H2,1-2H3,(H,15,16)(H,17,18). The van der Waals surface area contributed by atoms with Gasteiger partial charge in [0, 0.05) is 28.5 Å². The molecule has 5 nitrogen and oxygen atoms in total. The van der Waals surface area contributed by atoms with Gasteiger partial charge < -0.3 is 10.4 Å². The lowest BCUT2D eigenvalue weighted by atomic mass is 10.1. The summed E-state index contributed by atoms with van der Waals surface area (Å²) in [6, 6.07) is 5.45. The molecule has 20 heavy (non-hydrogen) atoms. The fourth-order valence-electron chi connectivity index (χ4n) is 2.18. The number of amides is 1. The Morgan fingerprint density at radius 3 is 2.65 bits per heavy atom. The zero-order valence-electron chi connectivity index (χ0n) is 11.4. The van der Waals surface area contributed by atoms with Gasteiger partial charge in [-0.15, -0.1) is 0 Å². The van der Waals surface area contributed by atoms with Crippen molar-refractivity contribution < 1.29 is 18.9 Å². The molecule has 1 aromatic rings. The number of carbonyl (C=O) groups is 2. The number of carbonyl (C=O) groups excluding carboxylic acids is 1. The van der Waals surface area contributed by atoms with Crippen molar-refractivity contribution in [2.75, 3.05) is 11.6 Å². The van der Waals surface area contributed by atoms with Crippen molar-refractivity contribution in [1.82, 2.24) is 0 Å². The predicted molar refractivity (Wildman–Crippen MR) is 76.8 cm³/mol. The molecular formula is C14H17NO4S. The number of aliphatic carboxylic acids is 1. The first-order valence-electron chi connectivity index (χ1n) is 6.32. The Morgan fingerprint density at radius 1 is 1.40 bits per heavy atom. The van der Waals surface area contributed by atoms with Crippen molar-refractivity contribution >= 4 is 28.4 Å². The average molecular weight is 295 g/mol. The maximum atomic E-state index is 11.9. The van der Waals surface area contributed by atoms with E-state index in [1.54, 1.807) is 18.4 Å². The van der Waals surface area contributed by atoms with Crippen LogP contribution >= 0.6 is 0 Å². The average Bonchev–Trinajstić information content (AvgIpc) is 3.14. The monoisotopic (exact) mass is 295 g/mol. The van der Waals surface area contributed by atoms with Crippen LogP contribution in [-0.2, 0) is 26.1 Å². The lowest BCUT2D eigenvalue weighted by molar-refractivity contribution is -0.139. The quantitative estimate of drug-likeness (QED) is 0.863. The minimum Gasteiger partial charge on any atom is -0.481 e. The van der Waals surface area contributed by atoms with Gasteiger partial charge in [-0.25, -0.2) is 0 Å². The second-order valence-electron chi connectivity index (χ2n) is 5.08. The molecule has 3 unspecified atom stereocenters. The van der Waals surface area contributed by atoms with Gasteiger partial charge in [-0.05, 0) is 30.5 Å². The van der Waals surface area contributed by atoms with E-state index in [0.29, 0.717) is 17.9 Å². The highest BCUT2D eigenvalue weighted by Gasteiger charge is 2.48. The molecule has 0 radical (unpaired) electrons. The van der Waals surface area contributed by atoms with Gasteiger partial charge >= 0.3 is 5.97 Å². The fraction of sp³-hybridized carbons (Fsp3) is 0.429. The van der Waals surface area contributed by atoms with Gasteiger partial charge in [-0.2, -0.15) is 0 Å². The molecule has 0 bridgehead atoms. The van der Waals surface area contributed by atoms with Crippen molar-refractivity contribution in [3.8, 4) is 0 Å². The molecule has 0 aromatic heterocycles. The Balaban J connectivity index is 2.08. The molecule has 2 rings (SSSR count). The van der Waals surface area contributed by atoms with E-state index in [1.807, 2.05) is 13.0 Å². The lowest BCUT2D eigenvalue weighted by Gasteiger charge is -2.11. The largest absolute Gasteiger partial charge is 0.481 e. The maximum Gasteiger partial charge on any atom is 0.307 e. The Hall–Kier alpha value is -1.69. The zero-order valence-corrected chi connectivity index (χ0v) is 12.2. The third kappa shape index (κ3) is 3.25. The molecule has 1 amide bonds. The number of carboxylic acid groups (broad SMARTS) is 1. The van der Waals surface area contributed by atoms with Crippen molar-refractivity contribution in [2.45, 2.75) is 19.1 Å². The van der Waals surface area contributed by atoms with Gasteiger partial charge in [0.25, 0.3) is 0 Å². The molecular weight excluding hydrogens is 278 g/mol. The summed E-state index contributed by atoms with van der Waals surface area (Å²) in [4.78, 5) is 22.7. The Labute approximate surface area is 119 Å². The van der Waals surface area contributed by atoms with Crippen molar-refractivity contribution in [3.05, 3.63) is 29.3 Å². The molecule has 0 saturated heterocycles. The van der Waals surface area contributed by atoms with Crippen LogP contribution in [-0.4, -0.2) is 27.4 Å². The Kier molecular flexibility index (Phi) is 4.23. The van der Waals surface area contributed by atoms with Crippen LogP contribution in [0.2, 0.25) is 0 Å². The predicted octanol–water partition coefficient (Wildman–Crippen LogP) is 1.53. The van der Waals surface area contributed by atoms with Crippen molar-refractivity contribution in [2.24, 2.45) is 11.8 Å². The molecule has 1 fully saturated rings. The van der Waals surface area contributed by atoms with E-state index in [4.69, 9.17) is 5.11 Å². The second kappa shape index (κ2) is 5.75. The first-order chi connectivity index (χ1) is 9.40. The topological polar surface area (TPSA) is 83.5 Å². The molecule has 108 valence electrons. The Morgan fingerprint density at radius 2 is 2.10 bits per heavy atom. The van der Waals surface area contributed by atoms with Crippen LogP contribution in [0.5, 0.6) is 0 Å². The molecule has 3 atom stereocenters. The molecule has 1 aliphatic carbocycles. The number of nitrogens with one attached hydrogen (secondary N) is 1. The number of benzene rings is 1. The lowest BCUT2D eigenvalue weighted by Crippen LogP contribution is -2.17. The van der Waals surface area contributed by atoms with E-state index in [0.717, 1.165) is 11.1 Å². The van der Waals surface area contributed by atoms with Crippen LogP contribution in [0.3, 0.4) is 0 Å². The number of anilines is 1. The summed E-state index contributed by atoms with van der Waals surface area (Å²) in [6.07, 6.45) is 2.03. The highest BCUT2D eigenvalue weighted by molar-refractivity contribution is 7.83. The summed E-state index contributed by atoms with van der Waals surface area (Å²) in [7, 11) is -0.947. The Bertz CT molecular complexity index is 585. The van der Waals surface area contributed by atoms with Crippen molar-refractivity contribution in [1.29, 1.82) is 0 Å². The summed E-state index contributed by atoms with van der Waals surface area (Å²) >= 11 is 0. The third-order valence-corrected chi connectivity index (χ3v) is 4.22. The SMILES string of the molecule is Cc1c(CS(C)=O)cccc1NC(=O)C1CC1C(=O)O. The molecule has 0 spiro atoms. The summed E-state index contributed by atoms with van der Waals surface area (Å²) in [6.45, 7) is 1.86. The van der Waals surface area contributed by atoms with E-state index in [1.165, 1.54) is 0 Å². The van der Waals surface area contributed by atoms with Gasteiger partial charge in [0.05, 0.1) is 11.8 Å². The molecule has 1 aliphatic rings. The van der Waals surface area contributed by atoms with E-state index in [2.05, 4.69) is 5.32 Å². The van der Waals surface area contributed by atoms with E-state index in [-0.39, 0.29) is 5.91 Å². The van der Waals surface area contributed by atoms with Gasteiger partial charge in [0.15, 0.2) is 0 Å². The summed E-state index contributed by atoms with van der Waals surface area (Å²) in [5.41, 5.74) is 2.46. The minimum absolute atomic E-state index is 0.254. The molecule has 0 heterocycles. The van der Waals surface area contributed by atoms with E-state index < -0.39 is 28.6 Å². The molecule has 1 aromatic carbocycles. The van der Waals surface area contributed by atoms with Gasteiger partial charge in [-0.3, -0.25) is 13.8 Å². The number of carboxylic acids is 1. The van der Waals surface area contributed by atoms with Gasteiger partial charge in [0.1, 0.15) is 0 Å². The summed E-state index contributed by atoms with van der Waals surface area (Å²) in [5, 5.41) is 11.6. The van der Waals surface area contributed by atoms with Crippen LogP contribution in [0.4, 0.5) is 5.69 Å². The molecule has 1 saturated carbocycles. The summed E-state index contributed by atoms with van der Waals surface area (Å²) < 4.78 is 11.3. The van der Waals surface area contributed by atoms with Crippen molar-refractivity contribution in [3.63, 3.8) is 0 Å². The minimum atomic E-state index is -0.947. The number of hydrogen-bond acceptors (Lipinski definition) is 3. The normalized spacial score (nSPS) is 22.1. The number of rotatable bonds is 5. The van der Waals surface area contributed by atoms with Gasteiger partial charge in [0.2, 0.25) is 5.91 Å². The van der Waals surface area contributed by atoms with Gasteiger partial charge in [-0.1, -0.05) is 12.1 Å². The van der Waals surface area contributed by atoms with Crippen LogP contribution < -0.4 is 5.32 Å².